The maximum Gasteiger partial charge on any atom is 0.410 e. The first-order valence-electron chi connectivity index (χ1n) is 14.7. The Kier molecular flexibility index (Phi) is 11.5. The van der Waals surface area contributed by atoms with Crippen LogP contribution in [0.1, 0.15) is 41.0 Å². The molecule has 4 aromatic rings. The number of nitrogens with two attached hydrogens (primary N) is 1. The van der Waals surface area contributed by atoms with Crippen LogP contribution in [-0.2, 0) is 38.1 Å². The molecule has 0 aliphatic carbocycles. The molecule has 2 heterocycles. The zero-order valence-corrected chi connectivity index (χ0v) is 28.2. The van der Waals surface area contributed by atoms with Crippen molar-refractivity contribution in [1.29, 1.82) is 0 Å². The largest absolute Gasteiger partial charge is 0.443 e. The lowest BCUT2D eigenvalue weighted by atomic mass is 9.96. The van der Waals surface area contributed by atoms with Gasteiger partial charge < -0.3 is 26.2 Å². The van der Waals surface area contributed by atoms with E-state index < -0.39 is 39.2 Å². The van der Waals surface area contributed by atoms with Gasteiger partial charge in [0.1, 0.15) is 39.6 Å². The minimum absolute atomic E-state index is 0.0614. The van der Waals surface area contributed by atoms with Gasteiger partial charge in [-0.3, -0.25) is 14.5 Å². The Hall–Kier alpha value is -4.86. The maximum atomic E-state index is 15.0. The highest BCUT2D eigenvalue weighted by molar-refractivity contribution is 7.90. The molecule has 15 heteroatoms. The van der Waals surface area contributed by atoms with Crippen molar-refractivity contribution < 1.29 is 37.0 Å². The smallest absolute Gasteiger partial charge is 0.410 e. The van der Waals surface area contributed by atoms with Gasteiger partial charge in [0, 0.05) is 29.8 Å². The van der Waals surface area contributed by atoms with Crippen molar-refractivity contribution in [1.82, 2.24) is 15.2 Å². The second-order valence-electron chi connectivity index (χ2n) is 11.5. The molecule has 0 fully saturated rings. The summed E-state index contributed by atoms with van der Waals surface area (Å²) in [5.74, 6) is -1.81. The number of ether oxygens (including phenoxy) is 1. The van der Waals surface area contributed by atoms with Crippen molar-refractivity contribution in [2.45, 2.75) is 32.6 Å². The standard InChI is InChI=1S/C33H36FN5O7S2/c1-33(2,43)22-12-13-24(26(34)16-22)27-17-25(30(35)41)31(47-27)38-28-11-7-10-23(37-28)20-46-32(42)39(18-21-8-5-4-6-9-21)19-29(40)36-14-15-48(3,44)45/h4-13,16-17,43H,14-15,18-20H2,1-3H3,(H2,35,41)(H,36,40)(H,37,38). The van der Waals surface area contributed by atoms with Gasteiger partial charge >= 0.3 is 6.09 Å². The minimum atomic E-state index is -3.28. The molecule has 48 heavy (non-hydrogen) atoms. The number of nitrogens with one attached hydrogen (secondary N) is 2. The summed E-state index contributed by atoms with van der Waals surface area (Å²) in [6.07, 6.45) is 0.264. The quantitative estimate of drug-likeness (QED) is 0.149. The lowest BCUT2D eigenvalue weighted by Gasteiger charge is -2.22. The Labute approximate surface area is 281 Å². The summed E-state index contributed by atoms with van der Waals surface area (Å²) in [5.41, 5.74) is 6.21. The van der Waals surface area contributed by atoms with Crippen molar-refractivity contribution in [3.63, 3.8) is 0 Å². The molecule has 5 N–H and O–H groups in total. The highest BCUT2D eigenvalue weighted by Crippen LogP contribution is 2.38. The number of nitrogens with zero attached hydrogens (tertiary/aromatic N) is 2. The Morgan fingerprint density at radius 3 is 2.44 bits per heavy atom. The van der Waals surface area contributed by atoms with Crippen LogP contribution in [-0.4, -0.2) is 66.4 Å². The number of aromatic nitrogens is 1. The van der Waals surface area contributed by atoms with Gasteiger partial charge in [-0.05, 0) is 49.2 Å². The lowest BCUT2D eigenvalue weighted by molar-refractivity contribution is -0.122. The van der Waals surface area contributed by atoms with E-state index in [0.29, 0.717) is 27.0 Å². The lowest BCUT2D eigenvalue weighted by Crippen LogP contribution is -2.41. The summed E-state index contributed by atoms with van der Waals surface area (Å²) < 4.78 is 43.3. The van der Waals surface area contributed by atoms with Gasteiger partial charge in [0.2, 0.25) is 5.91 Å². The third-order valence-corrected chi connectivity index (χ3v) is 8.96. The van der Waals surface area contributed by atoms with Crippen molar-refractivity contribution in [3.05, 3.63) is 101 Å². The van der Waals surface area contributed by atoms with E-state index in [-0.39, 0.29) is 43.1 Å². The summed E-state index contributed by atoms with van der Waals surface area (Å²) in [6, 6.07) is 19.7. The van der Waals surface area contributed by atoms with Gasteiger partial charge in [0.15, 0.2) is 0 Å². The Balaban J connectivity index is 1.46. The van der Waals surface area contributed by atoms with Gasteiger partial charge in [-0.1, -0.05) is 48.5 Å². The summed E-state index contributed by atoms with van der Waals surface area (Å²) in [5, 5.41) is 16.1. The molecule has 2 aromatic heterocycles. The molecule has 0 aliphatic rings. The third kappa shape index (κ3) is 10.3. The average molecular weight is 698 g/mol. The summed E-state index contributed by atoms with van der Waals surface area (Å²) >= 11 is 1.09. The normalized spacial score (nSPS) is 11.5. The highest BCUT2D eigenvalue weighted by atomic mass is 32.2. The van der Waals surface area contributed by atoms with Gasteiger partial charge in [0.05, 0.1) is 22.6 Å². The SMILES string of the molecule is CC(C)(O)c1ccc(-c2cc(C(N)=O)c(Nc3cccc(COC(=O)N(CC(=O)NCCS(C)(=O)=O)Cc4ccccc4)n3)s2)c(F)c1. The van der Waals surface area contributed by atoms with Crippen molar-refractivity contribution >= 4 is 49.9 Å². The van der Waals surface area contributed by atoms with Crippen LogP contribution in [0.15, 0.2) is 72.8 Å². The predicted molar refractivity (Wildman–Crippen MR) is 181 cm³/mol. The van der Waals surface area contributed by atoms with Crippen LogP contribution in [0.5, 0.6) is 0 Å². The van der Waals surface area contributed by atoms with Crippen LogP contribution in [0, 0.1) is 5.82 Å². The van der Waals surface area contributed by atoms with Gasteiger partial charge in [0.25, 0.3) is 5.91 Å². The topological polar surface area (TPSA) is 181 Å². The van der Waals surface area contributed by atoms with Crippen LogP contribution < -0.4 is 16.4 Å². The van der Waals surface area contributed by atoms with E-state index in [4.69, 9.17) is 10.5 Å². The molecule has 0 saturated carbocycles. The number of hydrogen-bond acceptors (Lipinski definition) is 10. The molecule has 0 spiro atoms. The molecule has 3 amide bonds. The fourth-order valence-electron chi connectivity index (χ4n) is 4.46. The molecule has 0 aliphatic heterocycles. The van der Waals surface area contributed by atoms with Crippen LogP contribution in [0.3, 0.4) is 0 Å². The number of aliphatic hydroxyl groups is 1. The Morgan fingerprint density at radius 1 is 1.06 bits per heavy atom. The molecule has 0 saturated heterocycles. The van der Waals surface area contributed by atoms with Gasteiger partial charge in [-0.25, -0.2) is 22.6 Å². The number of primary amides is 1. The molecule has 4 rings (SSSR count). The number of carbonyl (C=O) groups excluding carboxylic acids is 3. The highest BCUT2D eigenvalue weighted by Gasteiger charge is 2.22. The summed E-state index contributed by atoms with van der Waals surface area (Å²) in [6.45, 7) is 2.44. The monoisotopic (exact) mass is 697 g/mol. The first-order valence-corrected chi connectivity index (χ1v) is 17.6. The van der Waals surface area contributed by atoms with Crippen molar-refractivity contribution in [2.24, 2.45) is 5.73 Å². The fraction of sp³-hybridized carbons (Fsp3) is 0.273. The van der Waals surface area contributed by atoms with E-state index in [1.807, 2.05) is 6.07 Å². The number of rotatable bonds is 14. The molecule has 0 bridgehead atoms. The number of benzene rings is 2. The molecule has 0 atom stereocenters. The molecule has 0 unspecified atom stereocenters. The van der Waals surface area contributed by atoms with Crippen LogP contribution in [0.2, 0.25) is 0 Å². The van der Waals surface area contributed by atoms with E-state index in [2.05, 4.69) is 15.6 Å². The Bertz CT molecular complexity index is 1890. The molecule has 0 radical (unpaired) electrons. The Morgan fingerprint density at radius 2 is 1.79 bits per heavy atom. The molecule has 12 nitrogen and oxygen atoms in total. The molecular formula is C33H36FN5O7S2. The number of pyridine rings is 1. The summed E-state index contributed by atoms with van der Waals surface area (Å²) in [7, 11) is -3.28. The minimum Gasteiger partial charge on any atom is -0.443 e. The number of sulfone groups is 1. The first-order chi connectivity index (χ1) is 22.6. The van der Waals surface area contributed by atoms with Gasteiger partial charge in [-0.15, -0.1) is 11.3 Å². The van der Waals surface area contributed by atoms with Crippen LogP contribution >= 0.6 is 11.3 Å². The van der Waals surface area contributed by atoms with E-state index in [9.17, 15) is 27.9 Å². The number of amides is 3. The van der Waals surface area contributed by atoms with E-state index in [1.165, 1.54) is 23.1 Å². The van der Waals surface area contributed by atoms with Gasteiger partial charge in [-0.2, -0.15) is 0 Å². The van der Waals surface area contributed by atoms with E-state index >= 15 is 4.39 Å². The number of anilines is 2. The maximum absolute atomic E-state index is 15.0. The number of carbonyl (C=O) groups is 3. The van der Waals surface area contributed by atoms with Crippen molar-refractivity contribution in [2.75, 3.05) is 30.4 Å². The molecule has 254 valence electrons. The second-order valence-corrected chi connectivity index (χ2v) is 14.8. The number of hydrogen-bond donors (Lipinski definition) is 4. The molecular weight excluding hydrogens is 662 g/mol. The first kappa shape index (κ1) is 36.0. The fourth-order valence-corrected chi connectivity index (χ4v) is 6.03. The van der Waals surface area contributed by atoms with E-state index in [0.717, 1.165) is 23.2 Å². The van der Waals surface area contributed by atoms with Crippen LogP contribution in [0.25, 0.3) is 10.4 Å². The van der Waals surface area contributed by atoms with Crippen LogP contribution in [0.4, 0.5) is 20.0 Å². The number of thiophene rings is 1. The van der Waals surface area contributed by atoms with Crippen molar-refractivity contribution in [3.8, 4) is 10.4 Å². The third-order valence-electron chi connectivity index (χ3n) is 6.93. The second kappa shape index (κ2) is 15.4. The zero-order valence-electron chi connectivity index (χ0n) is 26.5. The predicted octanol–water partition coefficient (Wildman–Crippen LogP) is 4.32. The summed E-state index contributed by atoms with van der Waals surface area (Å²) in [4.78, 5) is 44.0. The van der Waals surface area contributed by atoms with E-state index in [1.54, 1.807) is 62.4 Å². The molecule has 2 aromatic carbocycles. The number of halogens is 1. The zero-order chi connectivity index (χ0) is 35.1. The average Bonchev–Trinajstić information content (AvgIpc) is 3.42.